The lowest BCUT2D eigenvalue weighted by Crippen LogP contribution is -2.30. The van der Waals surface area contributed by atoms with Crippen molar-refractivity contribution in [3.63, 3.8) is 0 Å². The molecule has 7 nitrogen and oxygen atoms in total. The van der Waals surface area contributed by atoms with E-state index in [1.807, 2.05) is 13.8 Å². The van der Waals surface area contributed by atoms with E-state index in [4.69, 9.17) is 4.74 Å². The number of hydrogen-bond donors (Lipinski definition) is 2. The van der Waals surface area contributed by atoms with Crippen molar-refractivity contribution in [3.05, 3.63) is 59.2 Å². The summed E-state index contributed by atoms with van der Waals surface area (Å²) in [6, 6.07) is 11.2. The lowest BCUT2D eigenvalue weighted by molar-refractivity contribution is -0.119. The van der Waals surface area contributed by atoms with Crippen LogP contribution in [0.15, 0.2) is 42.5 Å². The van der Waals surface area contributed by atoms with Gasteiger partial charge in [0.25, 0.3) is 11.8 Å². The van der Waals surface area contributed by atoms with Crippen molar-refractivity contribution in [2.75, 3.05) is 25.0 Å². The van der Waals surface area contributed by atoms with Crippen LogP contribution in [0.5, 0.6) is 5.75 Å². The van der Waals surface area contributed by atoms with Crippen molar-refractivity contribution < 1.29 is 24.2 Å². The van der Waals surface area contributed by atoms with E-state index in [0.29, 0.717) is 29.9 Å². The molecule has 0 heterocycles. The van der Waals surface area contributed by atoms with Gasteiger partial charge in [-0.3, -0.25) is 9.59 Å². The molecule has 2 amide bonds. The minimum atomic E-state index is -0.781. The van der Waals surface area contributed by atoms with Crippen molar-refractivity contribution in [1.29, 1.82) is 0 Å². The van der Waals surface area contributed by atoms with E-state index >= 15 is 0 Å². The predicted octanol–water partition coefficient (Wildman–Crippen LogP) is 2.98. The summed E-state index contributed by atoms with van der Waals surface area (Å²) in [5, 5.41) is 12.5. The fourth-order valence-electron chi connectivity index (χ4n) is 2.62. The third kappa shape index (κ3) is 5.09. The number of rotatable bonds is 7. The smallest absolute Gasteiger partial charge is 0.342 e. The van der Waals surface area contributed by atoms with E-state index < -0.39 is 18.5 Å². The molecule has 0 radical (unpaired) electrons. The summed E-state index contributed by atoms with van der Waals surface area (Å²) in [5.74, 6) is -1.55. The maximum Gasteiger partial charge on any atom is 0.342 e. The van der Waals surface area contributed by atoms with Gasteiger partial charge in [-0.25, -0.2) is 4.79 Å². The number of carbonyl (C=O) groups excluding carboxylic acids is 3. The van der Waals surface area contributed by atoms with Crippen LogP contribution in [0.3, 0.4) is 0 Å². The fourth-order valence-corrected chi connectivity index (χ4v) is 2.62. The summed E-state index contributed by atoms with van der Waals surface area (Å²) < 4.78 is 4.95. The molecule has 7 heteroatoms. The molecule has 0 unspecified atom stereocenters. The Labute approximate surface area is 163 Å². The average molecular weight is 384 g/mol. The number of aryl methyl sites for hydroxylation is 1. The van der Waals surface area contributed by atoms with Crippen molar-refractivity contribution >= 4 is 23.5 Å². The Morgan fingerprint density at radius 3 is 2.29 bits per heavy atom. The number of nitrogens with zero attached hydrogens (tertiary/aromatic N) is 1. The Kier molecular flexibility index (Phi) is 7.14. The van der Waals surface area contributed by atoms with E-state index in [2.05, 4.69) is 5.32 Å². The van der Waals surface area contributed by atoms with Gasteiger partial charge in [0.2, 0.25) is 0 Å². The first kappa shape index (κ1) is 21.0. The molecule has 2 rings (SSSR count). The number of hydrogen-bond acceptors (Lipinski definition) is 5. The van der Waals surface area contributed by atoms with Gasteiger partial charge in [-0.1, -0.05) is 12.1 Å². The quantitative estimate of drug-likeness (QED) is 0.716. The number of anilines is 1. The molecule has 0 aliphatic heterocycles. The first-order chi connectivity index (χ1) is 13.4. The standard InChI is InChI=1S/C21H24N2O5/c1-4-23(5-2)20(26)15-9-11-16(12-10-15)22-18(24)13-28-21(27)17-8-6-7-14(3)19(17)25/h6-12,25H,4-5,13H2,1-3H3,(H,22,24). The highest BCUT2D eigenvalue weighted by Crippen LogP contribution is 2.22. The third-order valence-corrected chi connectivity index (χ3v) is 4.26. The highest BCUT2D eigenvalue weighted by Gasteiger charge is 2.16. The van der Waals surface area contributed by atoms with Crippen LogP contribution < -0.4 is 5.32 Å². The van der Waals surface area contributed by atoms with Gasteiger partial charge in [0, 0.05) is 24.3 Å². The van der Waals surface area contributed by atoms with E-state index in [1.54, 1.807) is 48.2 Å². The lowest BCUT2D eigenvalue weighted by Gasteiger charge is -2.18. The minimum absolute atomic E-state index is 0.00654. The van der Waals surface area contributed by atoms with Crippen LogP contribution in [0, 0.1) is 6.92 Å². The number of benzene rings is 2. The fraction of sp³-hybridized carbons (Fsp3) is 0.286. The number of phenolic OH excluding ortho intramolecular Hbond substituents is 1. The zero-order chi connectivity index (χ0) is 20.7. The molecule has 0 saturated heterocycles. The molecule has 2 aromatic rings. The molecule has 0 aliphatic carbocycles. The maximum atomic E-state index is 12.3. The van der Waals surface area contributed by atoms with Crippen LogP contribution in [0.25, 0.3) is 0 Å². The first-order valence-corrected chi connectivity index (χ1v) is 9.02. The van der Waals surface area contributed by atoms with Crippen molar-refractivity contribution in [2.24, 2.45) is 0 Å². The van der Waals surface area contributed by atoms with Gasteiger partial charge < -0.3 is 20.1 Å². The van der Waals surface area contributed by atoms with Crippen molar-refractivity contribution in [2.45, 2.75) is 20.8 Å². The van der Waals surface area contributed by atoms with E-state index in [0.717, 1.165) is 0 Å². The monoisotopic (exact) mass is 384 g/mol. The number of phenols is 1. The molecular weight excluding hydrogens is 360 g/mol. The maximum absolute atomic E-state index is 12.3. The van der Waals surface area contributed by atoms with Gasteiger partial charge in [0.1, 0.15) is 11.3 Å². The second-order valence-corrected chi connectivity index (χ2v) is 6.15. The molecule has 2 N–H and O–H groups in total. The Morgan fingerprint density at radius 2 is 1.68 bits per heavy atom. The van der Waals surface area contributed by atoms with Gasteiger partial charge in [-0.2, -0.15) is 0 Å². The van der Waals surface area contributed by atoms with Crippen LogP contribution in [-0.2, 0) is 9.53 Å². The average Bonchev–Trinajstić information content (AvgIpc) is 2.69. The number of nitrogens with one attached hydrogen (secondary N) is 1. The number of amides is 2. The zero-order valence-corrected chi connectivity index (χ0v) is 16.2. The highest BCUT2D eigenvalue weighted by molar-refractivity contribution is 5.98. The Morgan fingerprint density at radius 1 is 1.04 bits per heavy atom. The topological polar surface area (TPSA) is 95.9 Å². The molecule has 0 fully saturated rings. The summed E-state index contributed by atoms with van der Waals surface area (Å²) in [4.78, 5) is 38.0. The highest BCUT2D eigenvalue weighted by atomic mass is 16.5. The second-order valence-electron chi connectivity index (χ2n) is 6.15. The Hall–Kier alpha value is -3.35. The van der Waals surface area contributed by atoms with Gasteiger partial charge in [-0.15, -0.1) is 0 Å². The summed E-state index contributed by atoms with van der Waals surface area (Å²) in [7, 11) is 0. The van der Waals surface area contributed by atoms with Crippen LogP contribution in [0.2, 0.25) is 0 Å². The third-order valence-electron chi connectivity index (χ3n) is 4.26. The SMILES string of the molecule is CCN(CC)C(=O)c1ccc(NC(=O)COC(=O)c2cccc(C)c2O)cc1. The molecule has 0 aliphatic rings. The summed E-state index contributed by atoms with van der Waals surface area (Å²) in [6.45, 7) is 6.23. The Balaban J connectivity index is 1.92. The number of ether oxygens (including phenoxy) is 1. The van der Waals surface area contributed by atoms with E-state index in [1.165, 1.54) is 6.07 Å². The van der Waals surface area contributed by atoms with Gasteiger partial charge >= 0.3 is 5.97 Å². The lowest BCUT2D eigenvalue weighted by atomic mass is 10.1. The summed E-state index contributed by atoms with van der Waals surface area (Å²) >= 11 is 0. The van der Waals surface area contributed by atoms with Crippen LogP contribution in [0.4, 0.5) is 5.69 Å². The molecular formula is C21H24N2O5. The largest absolute Gasteiger partial charge is 0.507 e. The van der Waals surface area contributed by atoms with E-state index in [9.17, 15) is 19.5 Å². The second kappa shape index (κ2) is 9.55. The van der Waals surface area contributed by atoms with Gasteiger partial charge in [0.15, 0.2) is 6.61 Å². The predicted molar refractivity (Wildman–Crippen MR) is 105 cm³/mol. The molecule has 28 heavy (non-hydrogen) atoms. The molecule has 0 aromatic heterocycles. The first-order valence-electron chi connectivity index (χ1n) is 9.02. The number of aromatic hydroxyl groups is 1. The van der Waals surface area contributed by atoms with Gasteiger partial charge in [0.05, 0.1) is 0 Å². The van der Waals surface area contributed by atoms with Crippen LogP contribution in [-0.4, -0.2) is 47.5 Å². The molecule has 2 aromatic carbocycles. The van der Waals surface area contributed by atoms with Crippen LogP contribution in [0.1, 0.15) is 40.1 Å². The molecule has 0 atom stereocenters. The number of esters is 1. The minimum Gasteiger partial charge on any atom is -0.507 e. The number of carbonyl (C=O) groups is 3. The molecule has 148 valence electrons. The Bertz CT molecular complexity index is 858. The van der Waals surface area contributed by atoms with Gasteiger partial charge in [-0.05, 0) is 56.7 Å². The van der Waals surface area contributed by atoms with Crippen molar-refractivity contribution in [1.82, 2.24) is 4.90 Å². The van der Waals surface area contributed by atoms with Crippen LogP contribution >= 0.6 is 0 Å². The number of para-hydroxylation sites is 1. The normalized spacial score (nSPS) is 10.2. The van der Waals surface area contributed by atoms with Crippen molar-refractivity contribution in [3.8, 4) is 5.75 Å². The van der Waals surface area contributed by atoms with E-state index in [-0.39, 0.29) is 17.2 Å². The molecule has 0 spiro atoms. The summed E-state index contributed by atoms with van der Waals surface area (Å²) in [6.07, 6.45) is 0. The molecule has 0 saturated carbocycles. The zero-order valence-electron chi connectivity index (χ0n) is 16.2. The summed E-state index contributed by atoms with van der Waals surface area (Å²) in [5.41, 5.74) is 1.56. The molecule has 0 bridgehead atoms.